The highest BCUT2D eigenvalue weighted by Gasteiger charge is 2.50. The fraction of sp³-hybridized carbons (Fsp3) is 0.500. The summed E-state index contributed by atoms with van der Waals surface area (Å²) in [5, 5.41) is 5.89. The van der Waals surface area contributed by atoms with E-state index in [0.29, 0.717) is 23.8 Å². The SMILES string of the molecule is Cc1cc(NC(=O)c2c3c(cn2C)S(=O)(=O)NC2(C)CN(C(=O)CNC4CC4)CC2CO3)ccc1F. The third kappa shape index (κ3) is 4.60. The molecule has 2 aliphatic heterocycles. The summed E-state index contributed by atoms with van der Waals surface area (Å²) in [6.45, 7) is 4.26. The number of aryl methyl sites for hydroxylation is 2. The van der Waals surface area contributed by atoms with Crippen LogP contribution in [0, 0.1) is 18.7 Å². The quantitative estimate of drug-likeness (QED) is 0.549. The lowest BCUT2D eigenvalue weighted by Gasteiger charge is -2.33. The van der Waals surface area contributed by atoms with Crippen LogP contribution in [0.1, 0.15) is 35.8 Å². The number of carbonyl (C=O) groups excluding carboxylic acids is 2. The van der Waals surface area contributed by atoms with Crippen LogP contribution in [-0.2, 0) is 21.9 Å². The van der Waals surface area contributed by atoms with Gasteiger partial charge in [-0.2, -0.15) is 0 Å². The predicted octanol–water partition coefficient (Wildman–Crippen LogP) is 1.36. The molecule has 10 nitrogen and oxygen atoms in total. The van der Waals surface area contributed by atoms with E-state index in [4.69, 9.17) is 4.74 Å². The molecule has 194 valence electrons. The highest BCUT2D eigenvalue weighted by molar-refractivity contribution is 7.89. The maximum absolute atomic E-state index is 13.6. The Balaban J connectivity index is 1.40. The van der Waals surface area contributed by atoms with Gasteiger partial charge in [0.2, 0.25) is 15.9 Å². The first-order valence-corrected chi connectivity index (χ1v) is 13.4. The number of fused-ring (bicyclic) bond motifs is 2. The number of aromatic nitrogens is 1. The van der Waals surface area contributed by atoms with Gasteiger partial charge in [-0.3, -0.25) is 9.59 Å². The summed E-state index contributed by atoms with van der Waals surface area (Å²) in [5.74, 6) is -1.43. The summed E-state index contributed by atoms with van der Waals surface area (Å²) in [7, 11) is -2.52. The van der Waals surface area contributed by atoms with Crippen molar-refractivity contribution in [1.29, 1.82) is 0 Å². The number of ether oxygens (including phenoxy) is 1. The van der Waals surface area contributed by atoms with Crippen molar-refractivity contribution in [3.05, 3.63) is 41.5 Å². The van der Waals surface area contributed by atoms with Gasteiger partial charge in [-0.25, -0.2) is 17.5 Å². The molecule has 36 heavy (non-hydrogen) atoms. The fourth-order valence-electron chi connectivity index (χ4n) is 4.86. The maximum atomic E-state index is 13.6. The van der Waals surface area contributed by atoms with E-state index in [9.17, 15) is 22.4 Å². The summed E-state index contributed by atoms with van der Waals surface area (Å²) in [6, 6.07) is 4.56. The summed E-state index contributed by atoms with van der Waals surface area (Å²) in [4.78, 5) is 27.4. The first-order chi connectivity index (χ1) is 17.0. The molecule has 2 amide bonds. The molecule has 1 saturated carbocycles. The molecule has 12 heteroatoms. The average Bonchev–Trinajstić information content (AvgIpc) is 3.49. The van der Waals surface area contributed by atoms with Crippen molar-refractivity contribution < 1.29 is 27.1 Å². The molecule has 5 rings (SSSR count). The zero-order chi connectivity index (χ0) is 25.8. The number of benzene rings is 1. The summed E-state index contributed by atoms with van der Waals surface area (Å²) in [5.41, 5.74) is -0.154. The number of likely N-dealkylation sites (tertiary alicyclic amines) is 1. The highest BCUT2D eigenvalue weighted by atomic mass is 32.2. The number of nitrogens with zero attached hydrogens (tertiary/aromatic N) is 2. The van der Waals surface area contributed by atoms with Crippen LogP contribution in [0.4, 0.5) is 10.1 Å². The number of rotatable bonds is 5. The lowest BCUT2D eigenvalue weighted by Crippen LogP contribution is -2.54. The molecule has 0 spiro atoms. The van der Waals surface area contributed by atoms with Gasteiger partial charge in [0, 0.05) is 44.0 Å². The number of nitrogens with one attached hydrogen (secondary N) is 3. The minimum Gasteiger partial charge on any atom is -0.489 e. The molecular weight excluding hydrogens is 489 g/mol. The molecule has 2 aromatic rings. The molecule has 3 N–H and O–H groups in total. The van der Waals surface area contributed by atoms with Crippen LogP contribution >= 0.6 is 0 Å². The van der Waals surface area contributed by atoms with Gasteiger partial charge in [-0.05, 0) is 50.5 Å². The number of anilines is 1. The third-order valence-corrected chi connectivity index (χ3v) is 8.76. The first kappa shape index (κ1) is 24.7. The number of hydrogen-bond donors (Lipinski definition) is 3. The summed E-state index contributed by atoms with van der Waals surface area (Å²) < 4.78 is 50.7. The molecule has 0 radical (unpaired) electrons. The van der Waals surface area contributed by atoms with E-state index in [0.717, 1.165) is 12.8 Å². The second kappa shape index (κ2) is 8.86. The van der Waals surface area contributed by atoms with Crippen molar-refractivity contribution >= 4 is 27.5 Å². The smallest absolute Gasteiger partial charge is 0.276 e. The van der Waals surface area contributed by atoms with Gasteiger partial charge in [0.25, 0.3) is 5.91 Å². The maximum Gasteiger partial charge on any atom is 0.276 e. The topological polar surface area (TPSA) is 122 Å². The van der Waals surface area contributed by atoms with Crippen LogP contribution in [0.2, 0.25) is 0 Å². The predicted molar refractivity (Wildman–Crippen MR) is 130 cm³/mol. The first-order valence-electron chi connectivity index (χ1n) is 11.9. The van der Waals surface area contributed by atoms with Crippen molar-refractivity contribution in [2.45, 2.75) is 43.2 Å². The Hall–Kier alpha value is -2.96. The van der Waals surface area contributed by atoms with E-state index in [1.807, 2.05) is 0 Å². The van der Waals surface area contributed by atoms with Crippen molar-refractivity contribution in [2.24, 2.45) is 13.0 Å². The fourth-order valence-corrected chi connectivity index (χ4v) is 6.51. The average molecular weight is 520 g/mol. The Labute approximate surface area is 209 Å². The molecule has 1 aromatic carbocycles. The molecule has 2 fully saturated rings. The van der Waals surface area contributed by atoms with Crippen LogP contribution < -0.4 is 20.1 Å². The van der Waals surface area contributed by atoms with Crippen LogP contribution in [-0.4, -0.2) is 67.5 Å². The molecule has 0 bridgehead atoms. The number of halogens is 1. The van der Waals surface area contributed by atoms with E-state index in [2.05, 4.69) is 15.4 Å². The monoisotopic (exact) mass is 519 g/mol. The zero-order valence-corrected chi connectivity index (χ0v) is 21.2. The second-order valence-corrected chi connectivity index (χ2v) is 11.8. The van der Waals surface area contributed by atoms with Gasteiger partial charge in [0.05, 0.1) is 18.7 Å². The van der Waals surface area contributed by atoms with Gasteiger partial charge < -0.3 is 24.8 Å². The van der Waals surface area contributed by atoms with Crippen molar-refractivity contribution in [3.63, 3.8) is 0 Å². The Kier molecular flexibility index (Phi) is 6.08. The lowest BCUT2D eigenvalue weighted by molar-refractivity contribution is -0.129. The molecule has 1 saturated heterocycles. The highest BCUT2D eigenvalue weighted by Crippen LogP contribution is 2.38. The summed E-state index contributed by atoms with van der Waals surface area (Å²) in [6.07, 6.45) is 3.47. The van der Waals surface area contributed by atoms with E-state index >= 15 is 0 Å². The van der Waals surface area contributed by atoms with E-state index in [-0.39, 0.29) is 47.9 Å². The van der Waals surface area contributed by atoms with E-state index in [1.54, 1.807) is 25.8 Å². The zero-order valence-electron chi connectivity index (χ0n) is 20.4. The van der Waals surface area contributed by atoms with Crippen LogP contribution in [0.15, 0.2) is 29.3 Å². The molecule has 2 unspecified atom stereocenters. The molecule has 3 heterocycles. The van der Waals surface area contributed by atoms with Gasteiger partial charge >= 0.3 is 0 Å². The lowest BCUT2D eigenvalue weighted by atomic mass is 9.91. The van der Waals surface area contributed by atoms with E-state index in [1.165, 1.54) is 29.0 Å². The van der Waals surface area contributed by atoms with Gasteiger partial charge in [0.1, 0.15) is 10.7 Å². The normalized spacial score (nSPS) is 24.8. The second-order valence-electron chi connectivity index (χ2n) is 10.2. The van der Waals surface area contributed by atoms with Crippen LogP contribution in [0.25, 0.3) is 0 Å². The largest absolute Gasteiger partial charge is 0.489 e. The van der Waals surface area contributed by atoms with Crippen molar-refractivity contribution in [3.8, 4) is 5.75 Å². The van der Waals surface area contributed by atoms with Crippen molar-refractivity contribution in [1.82, 2.24) is 19.5 Å². The minimum absolute atomic E-state index is 0.0283. The van der Waals surface area contributed by atoms with Crippen LogP contribution in [0.5, 0.6) is 5.75 Å². The molecule has 1 aromatic heterocycles. The van der Waals surface area contributed by atoms with Crippen LogP contribution in [0.3, 0.4) is 0 Å². The van der Waals surface area contributed by atoms with Gasteiger partial charge in [-0.1, -0.05) is 0 Å². The molecular formula is C24H30FN5O5S. The number of hydrogen-bond acceptors (Lipinski definition) is 6. The Bertz CT molecular complexity index is 1340. The van der Waals surface area contributed by atoms with Gasteiger partial charge in [0.15, 0.2) is 11.4 Å². The Morgan fingerprint density at radius 3 is 2.75 bits per heavy atom. The Morgan fingerprint density at radius 1 is 1.31 bits per heavy atom. The summed E-state index contributed by atoms with van der Waals surface area (Å²) >= 11 is 0. The third-order valence-electron chi connectivity index (χ3n) is 7.15. The molecule has 2 atom stereocenters. The number of sulfonamides is 1. The van der Waals surface area contributed by atoms with Crippen molar-refractivity contribution in [2.75, 3.05) is 31.6 Å². The number of carbonyl (C=O) groups is 2. The standard InChI is InChI=1S/C24H30FN5O5S/c1-14-8-17(6-7-18(14)25)27-23(32)21-22-19(11-29(21)3)36(33,34)28-24(2)13-30(10-15(24)12-35-22)20(31)9-26-16-4-5-16/h6-8,11,15-16,26,28H,4-5,9-10,12-13H2,1-3H3,(H,27,32). The molecule has 3 aliphatic rings. The minimum atomic E-state index is -4.08. The Morgan fingerprint density at radius 2 is 2.06 bits per heavy atom. The van der Waals surface area contributed by atoms with Gasteiger partial charge in [-0.15, -0.1) is 0 Å². The van der Waals surface area contributed by atoms with E-state index < -0.39 is 27.3 Å². The molecule has 1 aliphatic carbocycles. The number of amides is 2.